The third kappa shape index (κ3) is 8.02. The van der Waals surface area contributed by atoms with Gasteiger partial charge in [0.25, 0.3) is 0 Å². The molecular formula is C5H13B2FO. The maximum absolute atomic E-state index is 12.6. The van der Waals surface area contributed by atoms with Crippen LogP contribution in [0, 0.1) is 0 Å². The molecule has 1 nitrogen and oxygen atoms in total. The summed E-state index contributed by atoms with van der Waals surface area (Å²) in [6.45, 7) is 3.97. The predicted molar refractivity (Wildman–Crippen MR) is 42.0 cm³/mol. The molecule has 0 N–H and O–H groups in total. The van der Waals surface area contributed by atoms with Crippen LogP contribution in [0.3, 0.4) is 0 Å². The lowest BCUT2D eigenvalue weighted by Crippen LogP contribution is -2.31. The molecule has 0 aliphatic carbocycles. The molecule has 0 saturated heterocycles. The molecule has 0 aromatic heterocycles. The topological polar surface area (TPSA) is 9.23 Å². The average Bonchev–Trinajstić information content (AvgIpc) is 1.59. The molecule has 4 heteroatoms. The largest absolute Gasteiger partial charge is 0.377 e. The summed E-state index contributed by atoms with van der Waals surface area (Å²) in [5.74, 6) is 0. The van der Waals surface area contributed by atoms with E-state index in [1.807, 2.05) is 13.8 Å². The van der Waals surface area contributed by atoms with Crippen LogP contribution in [0.5, 0.6) is 0 Å². The molecule has 0 rings (SSSR count). The van der Waals surface area contributed by atoms with Gasteiger partial charge in [0.15, 0.2) is 0 Å². The lowest BCUT2D eigenvalue weighted by atomic mass is 9.68. The van der Waals surface area contributed by atoms with Gasteiger partial charge in [0.1, 0.15) is 15.7 Å². The number of hydrogen-bond donors (Lipinski definition) is 0. The molecule has 0 unspecified atom stereocenters. The van der Waals surface area contributed by atoms with Crippen molar-refractivity contribution >= 4 is 15.7 Å². The average molecular weight is 130 g/mol. The van der Waals surface area contributed by atoms with Crippen molar-refractivity contribution in [1.82, 2.24) is 0 Å². The summed E-state index contributed by atoms with van der Waals surface area (Å²) in [5.41, 5.74) is -1.19. The second-order valence-electron chi connectivity index (χ2n) is 3.08. The van der Waals surface area contributed by atoms with Crippen molar-refractivity contribution in [2.45, 2.75) is 25.4 Å². The van der Waals surface area contributed by atoms with Crippen molar-refractivity contribution in [2.24, 2.45) is 0 Å². The number of ether oxygens (including phenoxy) is 1. The zero-order valence-electron chi connectivity index (χ0n) is 6.57. The Hall–Kier alpha value is 0.0199. The molecule has 0 fully saturated rings. The maximum atomic E-state index is 12.6. The van der Waals surface area contributed by atoms with E-state index in [2.05, 4.69) is 0 Å². The van der Waals surface area contributed by atoms with Crippen LogP contribution in [0.15, 0.2) is 0 Å². The monoisotopic (exact) mass is 130 g/mol. The molecule has 0 radical (unpaired) electrons. The summed E-state index contributed by atoms with van der Waals surface area (Å²) in [6.07, 6.45) is 0.125. The molecule has 0 aliphatic rings. The number of hydrogen-bond acceptors (Lipinski definition) is 1. The van der Waals surface area contributed by atoms with Gasteiger partial charge in [-0.25, -0.2) is 0 Å². The van der Waals surface area contributed by atoms with Gasteiger partial charge >= 0.3 is 0 Å². The maximum Gasteiger partial charge on any atom is 0.141 e. The zero-order chi connectivity index (χ0) is 7.49. The minimum absolute atomic E-state index is 0.125. The first-order valence-corrected chi connectivity index (χ1v) is 3.22. The standard InChI is InChI=1S/C5H13B2FO/c1-4(2)9-3-5(6,7)8/h4H,3,6-7H2,1-2H3. The van der Waals surface area contributed by atoms with Gasteiger partial charge in [-0.3, -0.25) is 4.39 Å². The Labute approximate surface area is 57.8 Å². The summed E-state index contributed by atoms with van der Waals surface area (Å²) in [7, 11) is 3.02. The molecule has 0 amide bonds. The molecule has 0 atom stereocenters. The lowest BCUT2D eigenvalue weighted by molar-refractivity contribution is 0.0477. The Kier molecular flexibility index (Phi) is 3.26. The molecule has 0 saturated carbocycles. The summed E-state index contributed by atoms with van der Waals surface area (Å²) in [6, 6.07) is 0. The van der Waals surface area contributed by atoms with Crippen LogP contribution in [0.25, 0.3) is 0 Å². The number of alkyl halides is 1. The first-order chi connectivity index (χ1) is 3.92. The van der Waals surface area contributed by atoms with Crippen molar-refractivity contribution in [3.8, 4) is 0 Å². The van der Waals surface area contributed by atoms with Gasteiger partial charge in [0, 0.05) is 0 Å². The van der Waals surface area contributed by atoms with E-state index in [0.29, 0.717) is 0 Å². The zero-order valence-corrected chi connectivity index (χ0v) is 6.57. The van der Waals surface area contributed by atoms with E-state index in [4.69, 9.17) is 4.74 Å². The predicted octanol–water partition coefficient (Wildman–Crippen LogP) is -0.699. The quantitative estimate of drug-likeness (QED) is 0.459. The number of halogens is 1. The van der Waals surface area contributed by atoms with Crippen LogP contribution >= 0.6 is 0 Å². The molecule has 0 aromatic rings. The van der Waals surface area contributed by atoms with Crippen LogP contribution in [-0.2, 0) is 4.74 Å². The summed E-state index contributed by atoms with van der Waals surface area (Å²) in [4.78, 5) is 0. The van der Waals surface area contributed by atoms with E-state index in [0.717, 1.165) is 0 Å². The molecular weight excluding hydrogens is 117 g/mol. The third-order valence-corrected chi connectivity index (χ3v) is 0.760. The van der Waals surface area contributed by atoms with Crippen molar-refractivity contribution < 1.29 is 9.13 Å². The van der Waals surface area contributed by atoms with Gasteiger partial charge in [-0.1, -0.05) is 0 Å². The van der Waals surface area contributed by atoms with E-state index < -0.39 is 5.47 Å². The van der Waals surface area contributed by atoms with Crippen molar-refractivity contribution in [2.75, 3.05) is 6.61 Å². The van der Waals surface area contributed by atoms with E-state index in [9.17, 15) is 4.39 Å². The highest BCUT2D eigenvalue weighted by Crippen LogP contribution is 2.01. The van der Waals surface area contributed by atoms with Crippen molar-refractivity contribution in [1.29, 1.82) is 0 Å². The fourth-order valence-electron chi connectivity index (χ4n) is 0.365. The van der Waals surface area contributed by atoms with E-state index >= 15 is 0 Å². The SMILES string of the molecule is BC(B)(F)COC(C)C. The van der Waals surface area contributed by atoms with Crippen molar-refractivity contribution in [3.63, 3.8) is 0 Å². The molecule has 0 aromatic carbocycles. The fourth-order valence-corrected chi connectivity index (χ4v) is 0.365. The van der Waals surface area contributed by atoms with Crippen molar-refractivity contribution in [3.05, 3.63) is 0 Å². The smallest absolute Gasteiger partial charge is 0.141 e. The molecule has 9 heavy (non-hydrogen) atoms. The Morgan fingerprint density at radius 2 is 2.00 bits per heavy atom. The van der Waals surface area contributed by atoms with Gasteiger partial charge in [0.2, 0.25) is 0 Å². The Morgan fingerprint density at radius 3 is 2.11 bits per heavy atom. The second-order valence-corrected chi connectivity index (χ2v) is 3.08. The lowest BCUT2D eigenvalue weighted by Gasteiger charge is -2.16. The van der Waals surface area contributed by atoms with Crippen LogP contribution in [0.4, 0.5) is 4.39 Å². The minimum Gasteiger partial charge on any atom is -0.377 e. The van der Waals surface area contributed by atoms with E-state index in [1.54, 1.807) is 0 Å². The molecule has 0 bridgehead atoms. The molecule has 0 aliphatic heterocycles. The van der Waals surface area contributed by atoms with Gasteiger partial charge < -0.3 is 4.74 Å². The van der Waals surface area contributed by atoms with Gasteiger partial charge in [-0.15, -0.1) is 0 Å². The highest BCUT2D eigenvalue weighted by atomic mass is 19.1. The highest BCUT2D eigenvalue weighted by Gasteiger charge is 2.15. The molecule has 52 valence electrons. The van der Waals surface area contributed by atoms with Gasteiger partial charge in [-0.05, 0) is 13.8 Å². The highest BCUT2D eigenvalue weighted by molar-refractivity contribution is 6.39. The van der Waals surface area contributed by atoms with Gasteiger partial charge in [-0.2, -0.15) is 0 Å². The normalized spacial score (nSPS) is 12.4. The second kappa shape index (κ2) is 3.25. The fraction of sp³-hybridized carbons (Fsp3) is 1.00. The molecule has 0 heterocycles. The van der Waals surface area contributed by atoms with E-state index in [1.165, 1.54) is 15.7 Å². The Morgan fingerprint density at radius 1 is 1.56 bits per heavy atom. The summed E-state index contributed by atoms with van der Waals surface area (Å²) >= 11 is 0. The Bertz CT molecular complexity index is 79.5. The minimum atomic E-state index is -1.19. The first kappa shape index (κ1) is 9.02. The van der Waals surface area contributed by atoms with Crippen LogP contribution in [0.2, 0.25) is 0 Å². The molecule has 0 spiro atoms. The summed E-state index contributed by atoms with van der Waals surface area (Å²) < 4.78 is 17.7. The van der Waals surface area contributed by atoms with Crippen LogP contribution < -0.4 is 0 Å². The number of rotatable bonds is 3. The summed E-state index contributed by atoms with van der Waals surface area (Å²) in [5, 5.41) is 0. The Balaban J connectivity index is 3.28. The first-order valence-electron chi connectivity index (χ1n) is 3.22. The van der Waals surface area contributed by atoms with Crippen LogP contribution in [-0.4, -0.2) is 33.9 Å². The van der Waals surface area contributed by atoms with E-state index in [-0.39, 0.29) is 12.7 Å². The van der Waals surface area contributed by atoms with Gasteiger partial charge in [0.05, 0.1) is 18.2 Å². The third-order valence-electron chi connectivity index (χ3n) is 0.760. The van der Waals surface area contributed by atoms with Crippen LogP contribution in [0.1, 0.15) is 13.8 Å².